The van der Waals surface area contributed by atoms with Crippen molar-refractivity contribution in [3.8, 4) is 0 Å². The number of aliphatic hydroxyl groups excluding tert-OH is 1. The second kappa shape index (κ2) is 3.92. The Morgan fingerprint density at radius 1 is 1.25 bits per heavy atom. The topological polar surface area (TPSA) is 95.7 Å². The number of urea groups is 1. The van der Waals surface area contributed by atoms with Gasteiger partial charge < -0.3 is 16.2 Å². The van der Waals surface area contributed by atoms with Crippen molar-refractivity contribution in [2.75, 3.05) is 4.90 Å². The van der Waals surface area contributed by atoms with Gasteiger partial charge in [-0.3, -0.25) is 4.79 Å². The molecule has 1 aliphatic rings. The van der Waals surface area contributed by atoms with Crippen molar-refractivity contribution in [1.82, 2.24) is 5.32 Å². The van der Waals surface area contributed by atoms with Crippen LogP contribution >= 0.6 is 0 Å². The van der Waals surface area contributed by atoms with Crippen LogP contribution in [0, 0.1) is 0 Å². The first-order valence-corrected chi connectivity index (χ1v) is 4.74. The maximum atomic E-state index is 11.7. The Labute approximate surface area is 91.7 Å². The molecule has 0 aliphatic carbocycles. The fourth-order valence-electron chi connectivity index (χ4n) is 1.49. The molecule has 1 saturated heterocycles. The molecule has 16 heavy (non-hydrogen) atoms. The molecule has 1 aromatic rings. The minimum atomic E-state index is -1.33. The lowest BCUT2D eigenvalue weighted by molar-refractivity contribution is -0.122. The molecular formula is C10H11N3O3. The van der Waals surface area contributed by atoms with E-state index >= 15 is 0 Å². The van der Waals surface area contributed by atoms with E-state index < -0.39 is 24.2 Å². The van der Waals surface area contributed by atoms with Crippen molar-refractivity contribution < 1.29 is 14.7 Å². The van der Waals surface area contributed by atoms with E-state index in [-0.39, 0.29) is 0 Å². The van der Waals surface area contributed by atoms with E-state index in [0.29, 0.717) is 5.69 Å². The molecule has 4 N–H and O–H groups in total. The predicted molar refractivity (Wildman–Crippen MR) is 56.4 cm³/mol. The number of aliphatic hydroxyl groups is 1. The van der Waals surface area contributed by atoms with Gasteiger partial charge in [0.1, 0.15) is 6.04 Å². The predicted octanol–water partition coefficient (Wildman–Crippen LogP) is -0.612. The van der Waals surface area contributed by atoms with Crippen molar-refractivity contribution in [3.63, 3.8) is 0 Å². The molecule has 1 fully saturated rings. The van der Waals surface area contributed by atoms with E-state index in [9.17, 15) is 14.7 Å². The highest BCUT2D eigenvalue weighted by atomic mass is 16.3. The smallest absolute Gasteiger partial charge is 0.330 e. The summed E-state index contributed by atoms with van der Waals surface area (Å²) in [5.41, 5.74) is 5.88. The van der Waals surface area contributed by atoms with E-state index in [2.05, 4.69) is 5.32 Å². The van der Waals surface area contributed by atoms with E-state index in [0.717, 1.165) is 4.90 Å². The monoisotopic (exact) mass is 221 g/mol. The quantitative estimate of drug-likeness (QED) is 0.589. The maximum absolute atomic E-state index is 11.7. The third kappa shape index (κ3) is 1.64. The number of carbonyl (C=O) groups is 2. The molecule has 84 valence electrons. The van der Waals surface area contributed by atoms with Crippen LogP contribution < -0.4 is 16.0 Å². The van der Waals surface area contributed by atoms with Gasteiger partial charge in [0.2, 0.25) is 0 Å². The molecule has 2 rings (SSSR count). The summed E-state index contributed by atoms with van der Waals surface area (Å²) in [5.74, 6) is -0.623. The molecule has 0 radical (unpaired) electrons. The van der Waals surface area contributed by atoms with Crippen LogP contribution in [0.1, 0.15) is 0 Å². The third-order valence-electron chi connectivity index (χ3n) is 2.33. The van der Waals surface area contributed by atoms with Crippen LogP contribution in [-0.2, 0) is 4.79 Å². The Morgan fingerprint density at radius 2 is 1.88 bits per heavy atom. The van der Waals surface area contributed by atoms with Crippen LogP contribution in [0.2, 0.25) is 0 Å². The van der Waals surface area contributed by atoms with Gasteiger partial charge in [-0.05, 0) is 12.1 Å². The first kappa shape index (κ1) is 10.6. The summed E-state index contributed by atoms with van der Waals surface area (Å²) in [6, 6.07) is 6.58. The second-order valence-electron chi connectivity index (χ2n) is 3.43. The highest BCUT2D eigenvalue weighted by Gasteiger charge is 2.38. The number of nitrogens with one attached hydrogen (secondary N) is 1. The highest BCUT2D eigenvalue weighted by molar-refractivity contribution is 6.17. The van der Waals surface area contributed by atoms with Crippen LogP contribution in [0.4, 0.5) is 10.5 Å². The number of amides is 3. The average molecular weight is 221 g/mol. The molecule has 0 spiro atoms. The number of para-hydroxylation sites is 1. The standard InChI is InChI=1S/C10H11N3O3/c11-7-8(14)12-10(16)13(9(7)15)6-4-2-1-3-5-6/h1-5,7-8,14H,11H2,(H,12,16). The Hall–Kier alpha value is -1.92. The number of carbonyl (C=O) groups excluding carboxylic acids is 2. The molecule has 0 aromatic heterocycles. The molecule has 2 atom stereocenters. The number of nitrogens with zero attached hydrogens (tertiary/aromatic N) is 1. The first-order chi connectivity index (χ1) is 7.61. The minimum Gasteiger partial charge on any atom is -0.371 e. The Kier molecular flexibility index (Phi) is 2.59. The zero-order valence-corrected chi connectivity index (χ0v) is 8.33. The van der Waals surface area contributed by atoms with E-state index in [4.69, 9.17) is 5.73 Å². The Morgan fingerprint density at radius 3 is 2.50 bits per heavy atom. The summed E-state index contributed by atoms with van der Waals surface area (Å²) in [6.07, 6.45) is -1.33. The number of benzene rings is 1. The molecule has 1 aromatic carbocycles. The zero-order chi connectivity index (χ0) is 11.7. The molecule has 1 aliphatic heterocycles. The van der Waals surface area contributed by atoms with Gasteiger partial charge in [0.25, 0.3) is 5.91 Å². The van der Waals surface area contributed by atoms with Crippen LogP contribution in [-0.4, -0.2) is 29.3 Å². The van der Waals surface area contributed by atoms with Gasteiger partial charge in [0, 0.05) is 0 Å². The van der Waals surface area contributed by atoms with E-state index in [1.807, 2.05) is 0 Å². The summed E-state index contributed by atoms with van der Waals surface area (Å²) < 4.78 is 0. The molecule has 1 heterocycles. The van der Waals surface area contributed by atoms with Gasteiger partial charge in [-0.15, -0.1) is 0 Å². The van der Waals surface area contributed by atoms with Crippen molar-refractivity contribution in [2.45, 2.75) is 12.3 Å². The molecule has 6 nitrogen and oxygen atoms in total. The van der Waals surface area contributed by atoms with Gasteiger partial charge in [0.15, 0.2) is 6.23 Å². The number of hydrogen-bond acceptors (Lipinski definition) is 4. The summed E-state index contributed by atoms with van der Waals surface area (Å²) in [5, 5.41) is 11.5. The largest absolute Gasteiger partial charge is 0.371 e. The highest BCUT2D eigenvalue weighted by Crippen LogP contribution is 2.17. The maximum Gasteiger partial charge on any atom is 0.330 e. The lowest BCUT2D eigenvalue weighted by Crippen LogP contribution is -2.66. The summed E-state index contributed by atoms with van der Waals surface area (Å²) in [7, 11) is 0. The zero-order valence-electron chi connectivity index (χ0n) is 8.33. The van der Waals surface area contributed by atoms with Gasteiger partial charge in [-0.1, -0.05) is 18.2 Å². The van der Waals surface area contributed by atoms with E-state index in [1.54, 1.807) is 30.3 Å². The Bertz CT molecular complexity index is 421. The number of nitrogens with two attached hydrogens (primary N) is 1. The Balaban J connectivity index is 2.34. The number of rotatable bonds is 1. The lowest BCUT2D eigenvalue weighted by atomic mass is 10.1. The summed E-state index contributed by atoms with van der Waals surface area (Å²) in [6.45, 7) is 0. The molecular weight excluding hydrogens is 210 g/mol. The second-order valence-corrected chi connectivity index (χ2v) is 3.43. The van der Waals surface area contributed by atoms with Crippen molar-refractivity contribution in [1.29, 1.82) is 0 Å². The van der Waals surface area contributed by atoms with Crippen LogP contribution in [0.5, 0.6) is 0 Å². The lowest BCUT2D eigenvalue weighted by Gasteiger charge is -2.32. The average Bonchev–Trinajstić information content (AvgIpc) is 2.28. The van der Waals surface area contributed by atoms with Crippen molar-refractivity contribution in [2.24, 2.45) is 5.73 Å². The van der Waals surface area contributed by atoms with Crippen molar-refractivity contribution >= 4 is 17.6 Å². The molecule has 6 heteroatoms. The van der Waals surface area contributed by atoms with Crippen molar-refractivity contribution in [3.05, 3.63) is 30.3 Å². The van der Waals surface area contributed by atoms with Crippen LogP contribution in [0.3, 0.4) is 0 Å². The molecule has 2 unspecified atom stereocenters. The van der Waals surface area contributed by atoms with Crippen LogP contribution in [0.25, 0.3) is 0 Å². The number of imide groups is 1. The van der Waals surface area contributed by atoms with Gasteiger partial charge in [-0.25, -0.2) is 9.69 Å². The fraction of sp³-hybridized carbons (Fsp3) is 0.200. The SMILES string of the molecule is NC1C(=O)N(c2ccccc2)C(=O)NC1O. The minimum absolute atomic E-state index is 0.423. The fourth-order valence-corrected chi connectivity index (χ4v) is 1.49. The van der Waals surface area contributed by atoms with E-state index in [1.165, 1.54) is 0 Å². The van der Waals surface area contributed by atoms with Gasteiger partial charge >= 0.3 is 6.03 Å². The first-order valence-electron chi connectivity index (χ1n) is 4.74. The summed E-state index contributed by atoms with van der Waals surface area (Å²) in [4.78, 5) is 24.2. The summed E-state index contributed by atoms with van der Waals surface area (Å²) >= 11 is 0. The normalized spacial score (nSPS) is 25.5. The molecule has 0 saturated carbocycles. The molecule has 0 bridgehead atoms. The molecule has 3 amide bonds. The third-order valence-corrected chi connectivity index (χ3v) is 2.33. The van der Waals surface area contributed by atoms with Gasteiger partial charge in [-0.2, -0.15) is 0 Å². The van der Waals surface area contributed by atoms with Gasteiger partial charge in [0.05, 0.1) is 5.69 Å². The number of anilines is 1. The number of hydrogen-bond donors (Lipinski definition) is 3. The van der Waals surface area contributed by atoms with Crippen LogP contribution in [0.15, 0.2) is 30.3 Å².